The first kappa shape index (κ1) is 306. The van der Waals surface area contributed by atoms with Crippen molar-refractivity contribution in [3.05, 3.63) is 162 Å². The van der Waals surface area contributed by atoms with Crippen LogP contribution in [0.4, 0.5) is 422 Å². The molecule has 108 heteroatoms. The summed E-state index contributed by atoms with van der Waals surface area (Å²) in [5, 5.41) is 39.6. The van der Waals surface area contributed by atoms with Crippen LogP contribution < -0.4 is 119 Å². The maximum absolute atomic E-state index is 10.8. The minimum atomic E-state index is -0.263. The molecule has 0 spiro atoms. The van der Waals surface area contributed by atoms with E-state index in [0.717, 1.165) is 46.7 Å². The molecule has 0 bridgehead atoms. The van der Waals surface area contributed by atoms with Gasteiger partial charge in [0, 0.05) is 452 Å². The van der Waals surface area contributed by atoms with Gasteiger partial charge in [-0.2, -0.15) is 15.5 Å². The number of aliphatic hydroxyl groups excluding tert-OH is 1. The van der Waals surface area contributed by atoms with E-state index in [0.29, 0.717) is 35.1 Å². The van der Waals surface area contributed by atoms with E-state index in [2.05, 4.69) is 47.0 Å². The van der Waals surface area contributed by atoms with Crippen LogP contribution in [-0.4, -0.2) is 54.5 Å². The fourth-order valence-electron chi connectivity index (χ4n) is 4.51. The van der Waals surface area contributed by atoms with E-state index < -0.39 is 0 Å². The van der Waals surface area contributed by atoms with Crippen molar-refractivity contribution in [2.75, 3.05) is 6.61 Å². The maximum atomic E-state index is 10.8. The van der Waals surface area contributed by atoms with Gasteiger partial charge in [0.15, 0.2) is 29.0 Å². The van der Waals surface area contributed by atoms with Crippen LogP contribution in [0.3, 0.4) is 0 Å². The molecule has 0 saturated heterocycles. The Labute approximate surface area is 847 Å². The Kier molecular flexibility index (Phi) is 1370. The third-order valence-corrected chi connectivity index (χ3v) is 7.27. The number of aromatic nitrogens is 6. The average molecular weight is 2570 g/mol. The van der Waals surface area contributed by atoms with Gasteiger partial charge in [-0.25, -0.2) is 20.7 Å². The number of aliphatic hydroxyl groups is 1. The molecule has 150 heavy (non-hydrogen) atoms. The van der Waals surface area contributed by atoms with Crippen LogP contribution >= 0.6 is 0 Å². The van der Waals surface area contributed by atoms with Gasteiger partial charge in [0.05, 0.1) is 12.6 Å². The number of rotatable bonds is 8. The molecule has 0 atom stereocenters. The minimum absolute atomic E-state index is 0. The number of hydrogen-bond acceptors (Lipinski definition) is 11. The zero-order valence-corrected chi connectivity index (χ0v) is 73.5. The first-order chi connectivity index (χ1) is 72.9. The molecule has 7 rings (SSSR count). The van der Waals surface area contributed by atoms with E-state index >= 15 is 0 Å². The molecular weight excluding hydrogens is 2530 g/mol. The number of hydrogen-bond donors (Lipinski definition) is 5. The van der Waals surface area contributed by atoms with E-state index in [1.165, 1.54) is 0 Å². The topological polar surface area (TPSA) is 236 Å². The van der Waals surface area contributed by atoms with Crippen molar-refractivity contribution in [1.29, 1.82) is 5.26 Å². The molecule has 2 heterocycles. The summed E-state index contributed by atoms with van der Waals surface area (Å²) in [6, 6.07) is 45.1. The van der Waals surface area contributed by atoms with Gasteiger partial charge in [-0.1, -0.05) is 123 Å². The number of carbonyl (C=O) groups is 2. The van der Waals surface area contributed by atoms with Crippen molar-refractivity contribution < 1.29 is 545 Å². The normalized spacial score (nSPS) is 5.36. The summed E-state index contributed by atoms with van der Waals surface area (Å²) in [5.41, 5.74) is 7.47. The number of halogens is 91. The van der Waals surface area contributed by atoms with Crippen molar-refractivity contribution in [3.8, 4) is 51.6 Å². The van der Waals surface area contributed by atoms with Gasteiger partial charge < -0.3 is 16.7 Å². The van der Waals surface area contributed by atoms with E-state index in [1.54, 1.807) is 48.5 Å². The van der Waals surface area contributed by atoms with E-state index in [1.807, 2.05) is 102 Å². The monoisotopic (exact) mass is 2570 g/mol. The third kappa shape index (κ3) is 396. The predicted octanol–water partition coefficient (Wildman–Crippen LogP) is 38.3. The predicted molar refractivity (Wildman–Crippen MR) is 316 cm³/mol. The van der Waals surface area contributed by atoms with Crippen LogP contribution in [0, 0.1) is 17.9 Å². The summed E-state index contributed by atoms with van der Waals surface area (Å²) in [7, 11) is 0. The van der Waals surface area contributed by atoms with Crippen molar-refractivity contribution in [2.24, 2.45) is 5.84 Å². The Bertz CT molecular complexity index is 2350. The molecule has 0 saturated carbocycles. The molecule has 1 amide bonds. The van der Waals surface area contributed by atoms with Crippen molar-refractivity contribution in [1.82, 2.24) is 35.8 Å². The first-order valence-corrected chi connectivity index (χ1v) is 23.7. The minimum Gasteiger partial charge on any atom is -1.00 e. The smallest absolute Gasteiger partial charge is 1.00 e. The molecule has 928 valence electrons. The molecule has 6 N–H and O–H groups in total. The van der Waals surface area contributed by atoms with E-state index in [-0.39, 0.29) is 121 Å². The second kappa shape index (κ2) is 673. The zero-order valence-electron chi connectivity index (χ0n) is 68.2. The fraction of sp³-hybridized carbons (Fsp3) is 0.0952. The van der Waals surface area contributed by atoms with Gasteiger partial charge in [0.2, 0.25) is 0 Å². The Hall–Kier alpha value is -10.9. The number of nitrogen functional groups attached to an aromatic ring is 1. The number of benzene rings is 5. The fourth-order valence-corrected chi connectivity index (χ4v) is 4.51. The molecule has 0 unspecified atom stereocenters. The van der Waals surface area contributed by atoms with Crippen molar-refractivity contribution >= 4 is 18.1 Å². The summed E-state index contributed by atoms with van der Waals surface area (Å²) in [6.45, 7) is 8.85. The van der Waals surface area contributed by atoms with Gasteiger partial charge in [-0.3, -0.25) is 29.9 Å². The first-order valence-electron chi connectivity index (χ1n) is 23.7. The Morgan fingerprint density at radius 2 is 0.527 bits per heavy atom. The maximum Gasteiger partial charge on any atom is 1.00 e. The second-order valence-corrected chi connectivity index (χ2v) is 11.2. The molecule has 0 fully saturated rings. The Morgan fingerprint density at radius 1 is 0.347 bits per heavy atom. The van der Waals surface area contributed by atoms with Crippen LogP contribution in [0.1, 0.15) is 37.1 Å². The quantitative estimate of drug-likeness (QED) is 0.0140. The summed E-state index contributed by atoms with van der Waals surface area (Å²) >= 11 is 0. The van der Waals surface area contributed by atoms with Crippen molar-refractivity contribution in [2.45, 2.75) is 19.8 Å². The zero-order chi connectivity index (χ0) is 131. The van der Waals surface area contributed by atoms with Gasteiger partial charge in [0.1, 0.15) is 0 Å². The molecular formula is C42H41F91K2N10O5. The third-order valence-electron chi connectivity index (χ3n) is 7.27. The number of unbranched alkanes of at least 4 members (excludes halogenated alkanes) is 1. The van der Waals surface area contributed by atoms with Gasteiger partial charge in [-0.15, -0.1) is 0 Å². The standard InChI is InChI=1S/C22H16N6.C8H4N2.C7H8N2O.C4H10O.CH2O3.45F2.FH.2K.H/c1-3-8-15(9-4-1)19-23-21(27-25-19)17-12-7-13-18(14-17)22-24-20(26-28-22)16-10-5-2-6-11-16;1-10-8-4-2-3-7(5-8)6-9;8-9-7(10)6-4-2-1-3-5-6;1-2-3-4-5;2-1-4-3;45*1-2;;;;/h1-14H,(H,23,25,27)(H,24,26,28);2-5H;1-5H,8H2,(H,9,10);5H,2-4H2,1H3;1,3H;;;;;;;;;;;;;;;;;;;;;;;;;;;;;;;;;;;;;;;;;;;;;;1H;;;/q;;;;;;;;;;;;;;;;;;;;;;;;;;;;;;;;;;;;;;;;;;;;;;;;;;;2*+1;-1/p-1. The van der Waals surface area contributed by atoms with Crippen LogP contribution in [0.25, 0.3) is 50.4 Å². The van der Waals surface area contributed by atoms with Crippen molar-refractivity contribution in [3.63, 3.8) is 0 Å². The number of nitriles is 1. The van der Waals surface area contributed by atoms with Crippen LogP contribution in [0.5, 0.6) is 0 Å². The molecule has 5 aromatic carbocycles. The molecule has 0 aliphatic carbocycles. The summed E-state index contributed by atoms with van der Waals surface area (Å²) < 4.78 is 720. The molecule has 0 aliphatic heterocycles. The van der Waals surface area contributed by atoms with Crippen LogP contribution in [-0.2, 0) is 9.68 Å². The number of nitrogens with two attached hydrogens (primary N) is 1. The summed E-state index contributed by atoms with van der Waals surface area (Å²) in [5.74, 6) is 7.40. The summed E-state index contributed by atoms with van der Waals surface area (Å²) in [4.78, 5) is 34.5. The van der Waals surface area contributed by atoms with Gasteiger partial charge >= 0.3 is 103 Å². The number of amides is 1. The Morgan fingerprint density at radius 3 is 0.680 bits per heavy atom. The molecule has 0 radical (unpaired) electrons. The molecule has 15 nitrogen and oxygen atoms in total. The molecule has 2 aromatic heterocycles. The molecule has 0 aliphatic rings. The van der Waals surface area contributed by atoms with Gasteiger partial charge in [0.25, 0.3) is 12.4 Å². The number of H-pyrrole nitrogens is 2. The van der Waals surface area contributed by atoms with Gasteiger partial charge in [-0.05, 0) is 36.8 Å². The number of nitrogens with zero attached hydrogens (tertiary/aromatic N) is 6. The molecule has 7 aromatic rings. The average Bonchev–Trinajstić information content (AvgIpc) is 1.68. The second-order valence-electron chi connectivity index (χ2n) is 11.2. The SMILES string of the molecule is CCCCO.F.FF.FF.FF.FF.FF.FF.FF.FF.FF.FF.FF.FF.FF.FF.FF.FF.FF.FF.FF.FF.FF.FF.FF.FF.FF.FF.FF.FF.FF.FF.FF.FF.FF.FF.FF.FF.FF.FF.FF.FF.FF.FF.FF.FF.FF.NNC(=O)c1ccccc1.O=CO[O-].[C-]#[N+]c1cccc(C#N)c1.[H-].[K+].[K+].c1ccc(-c2nc(-c3cccc(-c4n[nH]c(-c5ccccc5)n4)c3)n[nH]2)cc1. The van der Waals surface area contributed by atoms with E-state index in [9.17, 15) is 4.79 Å². The number of carbonyl (C=O) groups excluding carboxylic acids is 2. The number of nitrogens with one attached hydrogen (secondary N) is 3. The summed E-state index contributed by atoms with van der Waals surface area (Å²) in [6.07, 6.45) is 2.04. The van der Waals surface area contributed by atoms with E-state index in [4.69, 9.17) is 445 Å². The Balaban J connectivity index is -0.0000000174. The number of hydrazine groups is 1. The van der Waals surface area contributed by atoms with Crippen LogP contribution in [0.2, 0.25) is 0 Å². The van der Waals surface area contributed by atoms with Crippen LogP contribution in [0.15, 0.2) is 140 Å². The number of aromatic amines is 2. The largest absolute Gasteiger partial charge is 1.00 e.